The van der Waals surface area contributed by atoms with E-state index in [-0.39, 0.29) is 29.4 Å². The van der Waals surface area contributed by atoms with E-state index in [9.17, 15) is 14.0 Å². The van der Waals surface area contributed by atoms with E-state index in [4.69, 9.17) is 0 Å². The molecule has 0 aliphatic carbocycles. The number of pyridine rings is 1. The molecule has 3 rings (SSSR count). The third kappa shape index (κ3) is 3.95. The Hall–Kier alpha value is -3.34. The smallest absolute Gasteiger partial charge is 0.252 e. The predicted octanol–water partition coefficient (Wildman–Crippen LogP) is 3.38. The van der Waals surface area contributed by atoms with Crippen molar-refractivity contribution in [2.24, 2.45) is 0 Å². The molecule has 0 radical (unpaired) electrons. The fourth-order valence-corrected chi connectivity index (χ4v) is 2.40. The molecule has 0 aliphatic rings. The van der Waals surface area contributed by atoms with Crippen LogP contribution in [0.2, 0.25) is 0 Å². The lowest BCUT2D eigenvalue weighted by molar-refractivity contribution is 0.0939. The Morgan fingerprint density at radius 1 is 0.880 bits per heavy atom. The fraction of sp³-hybridized carbons (Fsp3) is 0.0500. The lowest BCUT2D eigenvalue weighted by Gasteiger charge is -2.09. The molecule has 0 saturated heterocycles. The van der Waals surface area contributed by atoms with Crippen LogP contribution in [0.5, 0.6) is 0 Å². The van der Waals surface area contributed by atoms with E-state index in [1.165, 1.54) is 24.3 Å². The Kier molecular flexibility index (Phi) is 4.95. The maximum Gasteiger partial charge on any atom is 0.252 e. The van der Waals surface area contributed by atoms with Gasteiger partial charge in [-0.3, -0.25) is 14.6 Å². The van der Waals surface area contributed by atoms with Crippen LogP contribution < -0.4 is 5.32 Å². The summed E-state index contributed by atoms with van der Waals surface area (Å²) in [4.78, 5) is 29.3. The number of carbonyl (C=O) groups is 2. The largest absolute Gasteiger partial charge is 0.346 e. The molecule has 3 aromatic rings. The highest BCUT2D eigenvalue weighted by molar-refractivity contribution is 6.15. The fourth-order valence-electron chi connectivity index (χ4n) is 2.40. The van der Waals surface area contributed by atoms with Crippen molar-refractivity contribution in [1.82, 2.24) is 10.3 Å². The number of rotatable bonds is 5. The highest BCUT2D eigenvalue weighted by atomic mass is 19.1. The first-order valence-electron chi connectivity index (χ1n) is 7.72. The van der Waals surface area contributed by atoms with Crippen molar-refractivity contribution in [2.45, 2.75) is 6.54 Å². The molecule has 1 heterocycles. The van der Waals surface area contributed by atoms with Crippen molar-refractivity contribution in [3.8, 4) is 0 Å². The van der Waals surface area contributed by atoms with Crippen LogP contribution >= 0.6 is 0 Å². The van der Waals surface area contributed by atoms with Gasteiger partial charge in [0, 0.05) is 17.3 Å². The van der Waals surface area contributed by atoms with E-state index in [0.29, 0.717) is 5.56 Å². The third-order valence-corrected chi connectivity index (χ3v) is 3.68. The van der Waals surface area contributed by atoms with Gasteiger partial charge in [0.15, 0.2) is 5.78 Å². The number of nitrogens with zero attached hydrogens (tertiary/aromatic N) is 1. The zero-order valence-electron chi connectivity index (χ0n) is 13.3. The summed E-state index contributed by atoms with van der Waals surface area (Å²) in [5.74, 6) is -1.11. The van der Waals surface area contributed by atoms with Crippen LogP contribution in [0, 0.1) is 5.82 Å². The molecular formula is C20H15FN2O2. The number of hydrogen-bond acceptors (Lipinski definition) is 3. The molecule has 1 aromatic heterocycles. The highest BCUT2D eigenvalue weighted by Gasteiger charge is 2.18. The second-order valence-electron chi connectivity index (χ2n) is 5.39. The van der Waals surface area contributed by atoms with Crippen molar-refractivity contribution in [3.63, 3.8) is 0 Å². The third-order valence-electron chi connectivity index (χ3n) is 3.68. The van der Waals surface area contributed by atoms with Crippen LogP contribution in [0.25, 0.3) is 0 Å². The zero-order chi connectivity index (χ0) is 17.6. The monoisotopic (exact) mass is 334 g/mol. The summed E-state index contributed by atoms with van der Waals surface area (Å²) in [6, 6.07) is 17.2. The summed E-state index contributed by atoms with van der Waals surface area (Å²) in [6.45, 7) is 0.263. The maximum absolute atomic E-state index is 13.0. The van der Waals surface area contributed by atoms with Gasteiger partial charge >= 0.3 is 0 Å². The zero-order valence-corrected chi connectivity index (χ0v) is 13.3. The number of nitrogens with one attached hydrogen (secondary N) is 1. The highest BCUT2D eigenvalue weighted by Crippen LogP contribution is 2.15. The minimum atomic E-state index is -0.419. The molecule has 0 spiro atoms. The molecule has 1 N–H and O–H groups in total. The van der Waals surface area contributed by atoms with Gasteiger partial charge in [-0.05, 0) is 42.5 Å². The molecule has 0 atom stereocenters. The van der Waals surface area contributed by atoms with Crippen molar-refractivity contribution >= 4 is 11.7 Å². The van der Waals surface area contributed by atoms with Gasteiger partial charge < -0.3 is 5.32 Å². The Morgan fingerprint density at radius 2 is 1.56 bits per heavy atom. The van der Waals surface area contributed by atoms with Gasteiger partial charge in [-0.2, -0.15) is 0 Å². The second kappa shape index (κ2) is 7.49. The topological polar surface area (TPSA) is 59.1 Å². The Bertz CT molecular complexity index is 893. The molecule has 2 aromatic carbocycles. The van der Waals surface area contributed by atoms with Crippen LogP contribution in [0.1, 0.15) is 32.0 Å². The number of hydrogen-bond donors (Lipinski definition) is 1. The van der Waals surface area contributed by atoms with Gasteiger partial charge in [0.25, 0.3) is 5.91 Å². The lowest BCUT2D eigenvalue weighted by atomic mass is 9.98. The molecule has 124 valence electrons. The van der Waals surface area contributed by atoms with E-state index >= 15 is 0 Å². The summed E-state index contributed by atoms with van der Waals surface area (Å²) >= 11 is 0. The van der Waals surface area contributed by atoms with Crippen LogP contribution in [0.4, 0.5) is 4.39 Å². The summed E-state index contributed by atoms with van der Waals surface area (Å²) < 4.78 is 13.0. The van der Waals surface area contributed by atoms with E-state index in [1.54, 1.807) is 42.6 Å². The Balaban J connectivity index is 1.81. The second-order valence-corrected chi connectivity index (χ2v) is 5.39. The van der Waals surface area contributed by atoms with Crippen molar-refractivity contribution in [3.05, 3.63) is 101 Å². The van der Waals surface area contributed by atoms with Crippen molar-refractivity contribution in [1.29, 1.82) is 0 Å². The standard InChI is InChI=1S/C20H15FN2O2/c21-15-10-8-14(9-11-15)19(24)17-6-1-2-7-18(17)20(25)23-13-16-5-3-4-12-22-16/h1-12H,13H2,(H,23,25). The van der Waals surface area contributed by atoms with Gasteiger partial charge in [0.2, 0.25) is 0 Å². The molecule has 0 saturated carbocycles. The van der Waals surface area contributed by atoms with E-state index in [0.717, 1.165) is 5.69 Å². The molecule has 0 aliphatic heterocycles. The number of ketones is 1. The first kappa shape index (κ1) is 16.5. The summed E-state index contributed by atoms with van der Waals surface area (Å²) in [6.07, 6.45) is 1.65. The minimum absolute atomic E-state index is 0.263. The minimum Gasteiger partial charge on any atom is -0.346 e. The average molecular weight is 334 g/mol. The summed E-state index contributed by atoms with van der Waals surface area (Å²) in [5.41, 5.74) is 1.59. The van der Waals surface area contributed by atoms with Gasteiger partial charge in [-0.25, -0.2) is 4.39 Å². The quantitative estimate of drug-likeness (QED) is 0.728. The molecule has 25 heavy (non-hydrogen) atoms. The number of halogens is 1. The van der Waals surface area contributed by atoms with Gasteiger partial charge in [-0.15, -0.1) is 0 Å². The van der Waals surface area contributed by atoms with Crippen molar-refractivity contribution < 1.29 is 14.0 Å². The van der Waals surface area contributed by atoms with Gasteiger partial charge in [0.1, 0.15) is 5.82 Å². The van der Waals surface area contributed by atoms with E-state index in [1.807, 2.05) is 6.07 Å². The first-order chi connectivity index (χ1) is 12.1. The van der Waals surface area contributed by atoms with Crippen LogP contribution in [-0.4, -0.2) is 16.7 Å². The molecule has 0 bridgehead atoms. The summed E-state index contributed by atoms with van der Waals surface area (Å²) in [5, 5.41) is 2.76. The Labute approximate surface area is 144 Å². The van der Waals surface area contributed by atoms with Crippen LogP contribution in [-0.2, 0) is 6.54 Å². The van der Waals surface area contributed by atoms with E-state index < -0.39 is 5.82 Å². The normalized spacial score (nSPS) is 10.3. The molecular weight excluding hydrogens is 319 g/mol. The number of benzene rings is 2. The molecule has 1 amide bonds. The number of carbonyl (C=O) groups excluding carboxylic acids is 2. The van der Waals surface area contributed by atoms with E-state index in [2.05, 4.69) is 10.3 Å². The number of aromatic nitrogens is 1. The first-order valence-corrected chi connectivity index (χ1v) is 7.72. The summed E-state index contributed by atoms with van der Waals surface area (Å²) in [7, 11) is 0. The molecule has 4 nitrogen and oxygen atoms in total. The molecule has 5 heteroatoms. The average Bonchev–Trinajstić information content (AvgIpc) is 2.67. The van der Waals surface area contributed by atoms with Gasteiger partial charge in [-0.1, -0.05) is 24.3 Å². The molecule has 0 unspecified atom stereocenters. The lowest BCUT2D eigenvalue weighted by Crippen LogP contribution is -2.25. The predicted molar refractivity (Wildman–Crippen MR) is 91.7 cm³/mol. The number of amides is 1. The molecule has 0 fully saturated rings. The Morgan fingerprint density at radius 3 is 2.24 bits per heavy atom. The van der Waals surface area contributed by atoms with Gasteiger partial charge in [0.05, 0.1) is 17.8 Å². The van der Waals surface area contributed by atoms with Crippen molar-refractivity contribution in [2.75, 3.05) is 0 Å². The maximum atomic E-state index is 13.0. The van der Waals surface area contributed by atoms with Crippen LogP contribution in [0.15, 0.2) is 72.9 Å². The SMILES string of the molecule is O=C(NCc1ccccn1)c1ccccc1C(=O)c1ccc(F)cc1. The van der Waals surface area contributed by atoms with Crippen LogP contribution in [0.3, 0.4) is 0 Å².